The smallest absolute Gasteiger partial charge is 0.325 e. The van der Waals surface area contributed by atoms with Gasteiger partial charge in [0.15, 0.2) is 11.5 Å². The van der Waals surface area contributed by atoms with E-state index in [1.807, 2.05) is 30.5 Å². The van der Waals surface area contributed by atoms with Gasteiger partial charge in [-0.2, -0.15) is 0 Å². The Hall–Kier alpha value is -3.24. The van der Waals surface area contributed by atoms with E-state index in [1.165, 1.54) is 16.7 Å². The van der Waals surface area contributed by atoms with Crippen LogP contribution in [0.5, 0.6) is 11.5 Å². The number of ether oxygens (including phenoxy) is 2. The minimum atomic E-state index is -0.673. The summed E-state index contributed by atoms with van der Waals surface area (Å²) in [7, 11) is 1.62. The standard InChI is InChI=1S/C21H24N4O5S/c1-25(12-19(26)23-15-5-3-4-6-18(15)31-2)13-20(27)24-21(28)22-14-7-8-16-17(11-14)30-10-9-29-16/h3-8,11H,9-10,12-13H2,1-2H3,(H,23,26)(H2,22,24,27,28). The van der Waals surface area contributed by atoms with Crippen LogP contribution in [-0.2, 0) is 9.59 Å². The number of amides is 4. The maximum Gasteiger partial charge on any atom is 0.325 e. The molecule has 0 saturated carbocycles. The van der Waals surface area contributed by atoms with E-state index in [4.69, 9.17) is 9.47 Å². The number of fused-ring (bicyclic) bond motifs is 1. The first-order valence-electron chi connectivity index (χ1n) is 9.56. The predicted molar refractivity (Wildman–Crippen MR) is 119 cm³/mol. The highest BCUT2D eigenvalue weighted by molar-refractivity contribution is 7.98. The molecule has 9 nitrogen and oxygen atoms in total. The van der Waals surface area contributed by atoms with Gasteiger partial charge in [0.05, 0.1) is 18.8 Å². The zero-order valence-electron chi connectivity index (χ0n) is 17.3. The molecule has 0 bridgehead atoms. The fourth-order valence-corrected chi connectivity index (χ4v) is 3.49. The number of hydrogen-bond donors (Lipinski definition) is 3. The van der Waals surface area contributed by atoms with Gasteiger partial charge in [-0.1, -0.05) is 12.1 Å². The van der Waals surface area contributed by atoms with Crippen LogP contribution in [0.2, 0.25) is 0 Å². The average Bonchev–Trinajstić information content (AvgIpc) is 2.73. The summed E-state index contributed by atoms with van der Waals surface area (Å²) in [6, 6.07) is 11.8. The Morgan fingerprint density at radius 2 is 1.68 bits per heavy atom. The summed E-state index contributed by atoms with van der Waals surface area (Å²) in [6.45, 7) is 0.792. The van der Waals surface area contributed by atoms with Crippen molar-refractivity contribution >= 4 is 41.0 Å². The highest BCUT2D eigenvalue weighted by Gasteiger charge is 2.16. The van der Waals surface area contributed by atoms with E-state index in [0.717, 1.165) is 10.6 Å². The van der Waals surface area contributed by atoms with E-state index >= 15 is 0 Å². The molecule has 3 rings (SSSR count). The van der Waals surface area contributed by atoms with Gasteiger partial charge in [-0.3, -0.25) is 19.8 Å². The first kappa shape index (κ1) is 22.4. The number of likely N-dealkylation sites (N-methyl/N-ethyl adjacent to an activating group) is 1. The summed E-state index contributed by atoms with van der Waals surface area (Å²) in [4.78, 5) is 39.0. The molecule has 3 N–H and O–H groups in total. The second-order valence-electron chi connectivity index (χ2n) is 6.78. The highest BCUT2D eigenvalue weighted by Crippen LogP contribution is 2.32. The van der Waals surface area contributed by atoms with Crippen molar-refractivity contribution in [3.8, 4) is 11.5 Å². The number of anilines is 2. The maximum absolute atomic E-state index is 12.3. The van der Waals surface area contributed by atoms with Gasteiger partial charge >= 0.3 is 6.03 Å². The van der Waals surface area contributed by atoms with Crippen LogP contribution in [-0.4, -0.2) is 62.4 Å². The average molecular weight is 445 g/mol. The molecule has 0 spiro atoms. The molecule has 0 radical (unpaired) electrons. The molecule has 10 heteroatoms. The number of carbonyl (C=O) groups is 3. The van der Waals surface area contributed by atoms with Gasteiger partial charge in [0.2, 0.25) is 11.8 Å². The van der Waals surface area contributed by atoms with Crippen LogP contribution in [0.15, 0.2) is 47.4 Å². The van der Waals surface area contributed by atoms with Gasteiger partial charge in [0.1, 0.15) is 13.2 Å². The van der Waals surface area contributed by atoms with Gasteiger partial charge in [-0.15, -0.1) is 11.8 Å². The number of urea groups is 1. The van der Waals surface area contributed by atoms with Crippen molar-refractivity contribution in [1.29, 1.82) is 0 Å². The first-order chi connectivity index (χ1) is 14.9. The zero-order chi connectivity index (χ0) is 22.2. The van der Waals surface area contributed by atoms with E-state index in [-0.39, 0.29) is 19.0 Å². The minimum Gasteiger partial charge on any atom is -0.486 e. The molecule has 164 valence electrons. The number of nitrogens with one attached hydrogen (secondary N) is 3. The van der Waals surface area contributed by atoms with Crippen molar-refractivity contribution in [2.45, 2.75) is 4.90 Å². The van der Waals surface area contributed by atoms with E-state index in [2.05, 4.69) is 16.0 Å². The molecule has 4 amide bonds. The van der Waals surface area contributed by atoms with E-state index in [9.17, 15) is 14.4 Å². The van der Waals surface area contributed by atoms with Crippen LogP contribution in [0.1, 0.15) is 0 Å². The minimum absolute atomic E-state index is 0.0000841. The Balaban J connectivity index is 1.44. The summed E-state index contributed by atoms with van der Waals surface area (Å²) in [6.07, 6.45) is 1.93. The fourth-order valence-electron chi connectivity index (χ4n) is 2.93. The Bertz CT molecular complexity index is 969. The molecule has 0 unspecified atom stereocenters. The molecule has 2 aromatic carbocycles. The molecule has 0 aliphatic carbocycles. The Kier molecular flexibility index (Phi) is 7.74. The molecule has 0 atom stereocenters. The Morgan fingerprint density at radius 3 is 2.45 bits per heavy atom. The van der Waals surface area contributed by atoms with Gasteiger partial charge in [-0.05, 0) is 37.6 Å². The SMILES string of the molecule is CSc1ccccc1NC(=O)CN(C)CC(=O)NC(=O)Nc1ccc2c(c1)OCCO2. The number of rotatable bonds is 7. The highest BCUT2D eigenvalue weighted by atomic mass is 32.2. The molecule has 0 saturated heterocycles. The number of imide groups is 1. The van der Waals surface area contributed by atoms with E-state index in [1.54, 1.807) is 25.2 Å². The largest absolute Gasteiger partial charge is 0.486 e. The fraction of sp³-hybridized carbons (Fsp3) is 0.286. The third-order valence-electron chi connectivity index (χ3n) is 4.26. The van der Waals surface area contributed by atoms with E-state index < -0.39 is 11.9 Å². The second-order valence-corrected chi connectivity index (χ2v) is 7.63. The first-order valence-corrected chi connectivity index (χ1v) is 10.8. The van der Waals surface area contributed by atoms with Crippen LogP contribution in [0.3, 0.4) is 0 Å². The van der Waals surface area contributed by atoms with Gasteiger partial charge in [0.25, 0.3) is 0 Å². The number of nitrogens with zero attached hydrogens (tertiary/aromatic N) is 1. The van der Waals surface area contributed by atoms with Crippen molar-refractivity contribution in [1.82, 2.24) is 10.2 Å². The lowest BCUT2D eigenvalue weighted by Crippen LogP contribution is -2.42. The summed E-state index contributed by atoms with van der Waals surface area (Å²) >= 11 is 1.53. The molecule has 1 heterocycles. The van der Waals surface area contributed by atoms with Crippen molar-refractivity contribution in [3.63, 3.8) is 0 Å². The summed E-state index contributed by atoms with van der Waals surface area (Å²) in [5.41, 5.74) is 1.19. The normalized spacial score (nSPS) is 12.2. The topological polar surface area (TPSA) is 109 Å². The van der Waals surface area contributed by atoms with Crippen molar-refractivity contribution in [2.24, 2.45) is 0 Å². The zero-order valence-corrected chi connectivity index (χ0v) is 18.1. The number of benzene rings is 2. The van der Waals surface area contributed by atoms with Gasteiger partial charge < -0.3 is 20.1 Å². The third kappa shape index (κ3) is 6.63. The molecule has 0 aromatic heterocycles. The number of thioether (sulfide) groups is 1. The van der Waals surface area contributed by atoms with Crippen LogP contribution in [0, 0.1) is 0 Å². The maximum atomic E-state index is 12.3. The molecule has 0 fully saturated rings. The summed E-state index contributed by atoms with van der Waals surface area (Å²) in [5, 5.41) is 7.65. The van der Waals surface area contributed by atoms with Gasteiger partial charge in [-0.25, -0.2) is 4.79 Å². The van der Waals surface area contributed by atoms with Crippen LogP contribution in [0.4, 0.5) is 16.2 Å². The third-order valence-corrected chi connectivity index (χ3v) is 5.06. The van der Waals surface area contributed by atoms with Crippen molar-refractivity contribution < 1.29 is 23.9 Å². The van der Waals surface area contributed by atoms with Crippen LogP contribution < -0.4 is 25.4 Å². The van der Waals surface area contributed by atoms with Crippen molar-refractivity contribution in [3.05, 3.63) is 42.5 Å². The molecular formula is C21H24N4O5S. The van der Waals surface area contributed by atoms with Crippen LogP contribution in [0.25, 0.3) is 0 Å². The lowest BCUT2D eigenvalue weighted by molar-refractivity contribution is -0.122. The predicted octanol–water partition coefficient (Wildman–Crippen LogP) is 2.40. The van der Waals surface area contributed by atoms with Crippen molar-refractivity contribution in [2.75, 3.05) is 50.2 Å². The molecule has 2 aromatic rings. The lowest BCUT2D eigenvalue weighted by atomic mass is 10.2. The monoisotopic (exact) mass is 444 g/mol. The van der Waals surface area contributed by atoms with Crippen LogP contribution >= 0.6 is 11.8 Å². The number of hydrogen-bond acceptors (Lipinski definition) is 7. The molecule has 1 aliphatic rings. The second kappa shape index (κ2) is 10.7. The number of para-hydroxylation sites is 1. The molecule has 1 aliphatic heterocycles. The quantitative estimate of drug-likeness (QED) is 0.563. The van der Waals surface area contributed by atoms with Gasteiger partial charge in [0, 0.05) is 16.6 Å². The Morgan fingerprint density at radius 1 is 0.968 bits per heavy atom. The number of carbonyl (C=O) groups excluding carboxylic acids is 3. The summed E-state index contributed by atoms with van der Waals surface area (Å²) in [5.74, 6) is 0.352. The Labute approximate surface area is 184 Å². The van der Waals surface area contributed by atoms with E-state index in [0.29, 0.717) is 30.4 Å². The lowest BCUT2D eigenvalue weighted by Gasteiger charge is -2.19. The molecular weight excluding hydrogens is 420 g/mol. The molecule has 31 heavy (non-hydrogen) atoms. The summed E-state index contributed by atoms with van der Waals surface area (Å²) < 4.78 is 10.9.